The number of hydrogen-bond donors (Lipinski definition) is 4. The number of nitrogens with zero attached hydrogens (tertiary/aromatic N) is 5. The highest BCUT2D eigenvalue weighted by atomic mass is 16.6. The lowest BCUT2D eigenvalue weighted by Crippen LogP contribution is -2.33. The number of nitrogens with two attached hydrogens (primary N) is 1. The number of hydrogen-bond acceptors (Lipinski definition) is 9. The smallest absolute Gasteiger partial charge is 0.186 e. The van der Waals surface area contributed by atoms with Gasteiger partial charge in [-0.2, -0.15) is 4.68 Å². The molecule has 2 aromatic heterocycles. The average molecular weight is 268 g/mol. The first kappa shape index (κ1) is 12.2. The summed E-state index contributed by atoms with van der Waals surface area (Å²) in [6, 6.07) is 0. The molecule has 0 aliphatic carbocycles. The Morgan fingerprint density at radius 1 is 1.32 bits per heavy atom. The van der Waals surface area contributed by atoms with Gasteiger partial charge >= 0.3 is 0 Å². The summed E-state index contributed by atoms with van der Waals surface area (Å²) in [5.41, 5.74) is 6.18. The van der Waals surface area contributed by atoms with Crippen molar-refractivity contribution in [2.45, 2.75) is 24.5 Å². The zero-order chi connectivity index (χ0) is 13.6. The molecule has 19 heavy (non-hydrogen) atoms. The topological polar surface area (TPSA) is 152 Å². The van der Waals surface area contributed by atoms with Crippen LogP contribution in [-0.2, 0) is 4.74 Å². The first-order chi connectivity index (χ1) is 9.13. The van der Waals surface area contributed by atoms with Crippen molar-refractivity contribution < 1.29 is 20.1 Å². The number of ether oxygens (including phenoxy) is 1. The molecule has 0 bridgehead atoms. The minimum absolute atomic E-state index is 0.156. The Kier molecular flexibility index (Phi) is 2.78. The van der Waals surface area contributed by atoms with E-state index in [-0.39, 0.29) is 17.0 Å². The number of aromatic nitrogens is 5. The Balaban J connectivity index is 2.04. The number of nitrogen functional groups attached to an aromatic ring is 1. The van der Waals surface area contributed by atoms with E-state index in [1.807, 2.05) is 0 Å². The standard InChI is InChI=1S/C9H12N6O4/c10-7-4-8(12-2-11-7)15(14-13-4)9-6(18)5(17)3(1-16)19-9/h2-3,5-6,9,16-18H,1H2,(H2,10,11,12)/t3-,5+,6?,9-/m1/s1. The van der Waals surface area contributed by atoms with E-state index in [0.717, 1.165) is 0 Å². The summed E-state index contributed by atoms with van der Waals surface area (Å²) in [7, 11) is 0. The van der Waals surface area contributed by atoms with Crippen LogP contribution in [0.15, 0.2) is 6.33 Å². The molecular formula is C9H12N6O4. The molecule has 0 amide bonds. The number of anilines is 1. The molecule has 4 atom stereocenters. The van der Waals surface area contributed by atoms with Gasteiger partial charge in [0.15, 0.2) is 23.2 Å². The monoisotopic (exact) mass is 268 g/mol. The molecule has 3 heterocycles. The third-order valence-corrected chi connectivity index (χ3v) is 3.05. The number of aliphatic hydroxyl groups is 3. The van der Waals surface area contributed by atoms with Gasteiger partial charge in [-0.05, 0) is 0 Å². The van der Waals surface area contributed by atoms with Crippen LogP contribution in [0.2, 0.25) is 0 Å². The van der Waals surface area contributed by atoms with Gasteiger partial charge < -0.3 is 25.8 Å². The Hall–Kier alpha value is -1.88. The molecule has 10 heteroatoms. The average Bonchev–Trinajstić information content (AvgIpc) is 2.94. The van der Waals surface area contributed by atoms with Crippen LogP contribution in [0.1, 0.15) is 6.23 Å². The van der Waals surface area contributed by atoms with E-state index in [0.29, 0.717) is 0 Å². The Labute approximate surface area is 106 Å². The van der Waals surface area contributed by atoms with E-state index in [4.69, 9.17) is 15.6 Å². The second-order valence-electron chi connectivity index (χ2n) is 4.19. The highest BCUT2D eigenvalue weighted by Crippen LogP contribution is 2.30. The van der Waals surface area contributed by atoms with Gasteiger partial charge in [-0.3, -0.25) is 0 Å². The number of rotatable bonds is 2. The van der Waals surface area contributed by atoms with Crippen molar-refractivity contribution in [2.24, 2.45) is 0 Å². The third-order valence-electron chi connectivity index (χ3n) is 3.05. The summed E-state index contributed by atoms with van der Waals surface area (Å²) in [5.74, 6) is 0.156. The minimum atomic E-state index is -1.25. The van der Waals surface area contributed by atoms with Gasteiger partial charge in [0.05, 0.1) is 6.61 Å². The molecule has 1 saturated heterocycles. The molecule has 5 N–H and O–H groups in total. The highest BCUT2D eigenvalue weighted by Gasteiger charge is 2.44. The summed E-state index contributed by atoms with van der Waals surface area (Å²) in [6.45, 7) is -0.418. The van der Waals surface area contributed by atoms with E-state index in [2.05, 4.69) is 20.3 Å². The van der Waals surface area contributed by atoms with Crippen LogP contribution in [0, 0.1) is 0 Å². The second kappa shape index (κ2) is 4.35. The SMILES string of the molecule is Nc1ncnc2c1nnn2[C@@H]1O[C@H](CO)[C@H](O)C1O. The quantitative estimate of drug-likeness (QED) is 0.459. The normalized spacial score (nSPS) is 31.1. The molecular weight excluding hydrogens is 256 g/mol. The zero-order valence-electron chi connectivity index (χ0n) is 9.66. The number of aliphatic hydroxyl groups excluding tert-OH is 3. The maximum atomic E-state index is 9.91. The van der Waals surface area contributed by atoms with Gasteiger partial charge in [-0.25, -0.2) is 9.97 Å². The highest BCUT2D eigenvalue weighted by molar-refractivity contribution is 5.80. The lowest BCUT2D eigenvalue weighted by molar-refractivity contribution is -0.0574. The maximum Gasteiger partial charge on any atom is 0.186 e. The molecule has 0 radical (unpaired) electrons. The Bertz CT molecular complexity index is 603. The van der Waals surface area contributed by atoms with Crippen LogP contribution in [0.4, 0.5) is 5.82 Å². The molecule has 3 rings (SSSR count). The fourth-order valence-electron chi connectivity index (χ4n) is 2.03. The van der Waals surface area contributed by atoms with E-state index >= 15 is 0 Å². The van der Waals surface area contributed by atoms with Crippen LogP contribution in [-0.4, -0.2) is 65.2 Å². The van der Waals surface area contributed by atoms with Gasteiger partial charge in [0.25, 0.3) is 0 Å². The van der Waals surface area contributed by atoms with Crippen molar-refractivity contribution >= 4 is 17.0 Å². The summed E-state index contributed by atoms with van der Waals surface area (Å²) < 4.78 is 6.54. The van der Waals surface area contributed by atoms with Crippen molar-refractivity contribution in [3.8, 4) is 0 Å². The van der Waals surface area contributed by atoms with Crippen molar-refractivity contribution in [1.29, 1.82) is 0 Å². The molecule has 0 saturated carbocycles. The molecule has 0 spiro atoms. The van der Waals surface area contributed by atoms with Crippen LogP contribution < -0.4 is 5.73 Å². The van der Waals surface area contributed by atoms with Gasteiger partial charge in [-0.15, -0.1) is 5.10 Å². The summed E-state index contributed by atoms with van der Waals surface area (Å²) in [6.07, 6.45) is -3.12. The van der Waals surface area contributed by atoms with Gasteiger partial charge in [0.1, 0.15) is 24.6 Å². The second-order valence-corrected chi connectivity index (χ2v) is 4.19. The molecule has 10 nitrogen and oxygen atoms in total. The van der Waals surface area contributed by atoms with E-state index < -0.39 is 31.1 Å². The van der Waals surface area contributed by atoms with Crippen LogP contribution in [0.3, 0.4) is 0 Å². The molecule has 0 aromatic carbocycles. The maximum absolute atomic E-state index is 9.91. The summed E-state index contributed by atoms with van der Waals surface area (Å²) in [4.78, 5) is 7.74. The van der Waals surface area contributed by atoms with E-state index in [9.17, 15) is 10.2 Å². The number of fused-ring (bicyclic) bond motifs is 1. The van der Waals surface area contributed by atoms with Crippen molar-refractivity contribution in [3.63, 3.8) is 0 Å². The van der Waals surface area contributed by atoms with Crippen molar-refractivity contribution in [3.05, 3.63) is 6.33 Å². The van der Waals surface area contributed by atoms with Crippen molar-refractivity contribution in [2.75, 3.05) is 12.3 Å². The lowest BCUT2D eigenvalue weighted by atomic mass is 10.1. The molecule has 1 unspecified atom stereocenters. The summed E-state index contributed by atoms with van der Waals surface area (Å²) in [5, 5.41) is 36.2. The molecule has 102 valence electrons. The van der Waals surface area contributed by atoms with Gasteiger partial charge in [0.2, 0.25) is 0 Å². The zero-order valence-corrected chi connectivity index (χ0v) is 9.66. The Morgan fingerprint density at radius 3 is 2.79 bits per heavy atom. The fraction of sp³-hybridized carbons (Fsp3) is 0.556. The van der Waals surface area contributed by atoms with Crippen LogP contribution in [0.5, 0.6) is 0 Å². The lowest BCUT2D eigenvalue weighted by Gasteiger charge is -2.14. The first-order valence-electron chi connectivity index (χ1n) is 5.57. The van der Waals surface area contributed by atoms with Crippen LogP contribution in [0.25, 0.3) is 11.2 Å². The predicted octanol–water partition coefficient (Wildman–Crippen LogP) is -2.58. The Morgan fingerprint density at radius 2 is 2.11 bits per heavy atom. The molecule has 2 aromatic rings. The van der Waals surface area contributed by atoms with Gasteiger partial charge in [-0.1, -0.05) is 5.21 Å². The molecule has 1 fully saturated rings. The van der Waals surface area contributed by atoms with E-state index in [1.54, 1.807) is 0 Å². The molecule has 1 aliphatic heterocycles. The fourth-order valence-corrected chi connectivity index (χ4v) is 2.03. The minimum Gasteiger partial charge on any atom is -0.394 e. The van der Waals surface area contributed by atoms with Crippen molar-refractivity contribution in [1.82, 2.24) is 25.0 Å². The van der Waals surface area contributed by atoms with E-state index in [1.165, 1.54) is 11.0 Å². The largest absolute Gasteiger partial charge is 0.394 e. The molecule has 1 aliphatic rings. The van der Waals surface area contributed by atoms with Crippen LogP contribution >= 0.6 is 0 Å². The first-order valence-corrected chi connectivity index (χ1v) is 5.57. The van der Waals surface area contributed by atoms with Gasteiger partial charge in [0, 0.05) is 0 Å². The summed E-state index contributed by atoms with van der Waals surface area (Å²) >= 11 is 0. The predicted molar refractivity (Wildman–Crippen MR) is 60.5 cm³/mol. The third kappa shape index (κ3) is 1.73.